The van der Waals surface area contributed by atoms with Gasteiger partial charge in [0.15, 0.2) is 16.6 Å². The molecule has 0 radical (unpaired) electrons. The van der Waals surface area contributed by atoms with Gasteiger partial charge in [0, 0.05) is 0 Å². The molecule has 10 saturated carbocycles. The smallest absolute Gasteiger partial charge is 0.192 e. The van der Waals surface area contributed by atoms with Crippen LogP contribution in [0.1, 0.15) is 86.5 Å². The highest BCUT2D eigenvalue weighted by Crippen LogP contribution is 2.86. The van der Waals surface area contributed by atoms with Crippen molar-refractivity contribution in [2.45, 2.75) is 134 Å². The van der Waals surface area contributed by atoms with Gasteiger partial charge in [-0.1, -0.05) is 41.5 Å². The molecule has 192 valence electrons. The minimum atomic E-state index is -1.79. The van der Waals surface area contributed by atoms with Gasteiger partial charge in [-0.15, -0.1) is 0 Å². The van der Waals surface area contributed by atoms with Crippen LogP contribution < -0.4 is 0 Å². The quantitative estimate of drug-likeness (QED) is 0.362. The fourth-order valence-corrected chi connectivity index (χ4v) is 15.2. The Morgan fingerprint density at radius 1 is 0.559 bits per heavy atom. The van der Waals surface area contributed by atoms with Gasteiger partial charge < -0.3 is 8.85 Å². The molecule has 4 unspecified atom stereocenters. The molecule has 4 heteroatoms. The molecule has 0 aromatic heterocycles. The van der Waals surface area contributed by atoms with Crippen molar-refractivity contribution in [2.75, 3.05) is 0 Å². The van der Waals surface area contributed by atoms with Crippen LogP contribution in [0.5, 0.6) is 0 Å². The van der Waals surface area contributed by atoms with Crippen LogP contribution >= 0.6 is 0 Å². The van der Waals surface area contributed by atoms with Crippen molar-refractivity contribution in [3.8, 4) is 0 Å². The molecule has 0 aromatic carbocycles. The first kappa shape index (κ1) is 23.5. The lowest BCUT2D eigenvalue weighted by Crippen LogP contribution is -2.83. The Kier molecular flexibility index (Phi) is 4.24. The first-order valence-electron chi connectivity index (χ1n) is 14.8. The van der Waals surface area contributed by atoms with Crippen LogP contribution in [0.15, 0.2) is 0 Å². The second kappa shape index (κ2) is 6.15. The SMILES string of the molecule is CC(C)(C)[Si](C)(C)OC12CC3C4CC5C6CC7(O[Si](C)(C)C(C)(C)C)CC5C(C4C1)C(C2)(C7)C36. The van der Waals surface area contributed by atoms with Gasteiger partial charge >= 0.3 is 0 Å². The molecule has 10 aliphatic rings. The Morgan fingerprint density at radius 2 is 0.882 bits per heavy atom. The lowest BCUT2D eigenvalue weighted by Gasteiger charge is -2.86. The van der Waals surface area contributed by atoms with Gasteiger partial charge in [-0.25, -0.2) is 0 Å². The second-order valence-electron chi connectivity index (χ2n) is 17.8. The van der Waals surface area contributed by atoms with Crippen molar-refractivity contribution in [3.63, 3.8) is 0 Å². The third-order valence-corrected chi connectivity index (χ3v) is 23.3. The second-order valence-corrected chi connectivity index (χ2v) is 27.2. The Balaban J connectivity index is 1.30. The maximum atomic E-state index is 7.56. The predicted octanol–water partition coefficient (Wildman–Crippen LogP) is 8.25. The average molecular weight is 501 g/mol. The molecule has 34 heavy (non-hydrogen) atoms. The third kappa shape index (κ3) is 2.61. The molecule has 0 saturated heterocycles. The molecule has 1 spiro atoms. The number of rotatable bonds is 4. The highest BCUT2D eigenvalue weighted by molar-refractivity contribution is 6.74. The highest BCUT2D eigenvalue weighted by Gasteiger charge is 2.83. The van der Waals surface area contributed by atoms with Crippen molar-refractivity contribution in [2.24, 2.45) is 52.8 Å². The van der Waals surface area contributed by atoms with E-state index in [1.165, 1.54) is 38.5 Å². The minimum absolute atomic E-state index is 0.193. The summed E-state index contributed by atoms with van der Waals surface area (Å²) in [7, 11) is -3.58. The van der Waals surface area contributed by atoms with E-state index in [9.17, 15) is 0 Å². The van der Waals surface area contributed by atoms with Crippen LogP contribution in [-0.4, -0.2) is 27.8 Å². The summed E-state index contributed by atoms with van der Waals surface area (Å²) in [5.41, 5.74) is 0.937. The van der Waals surface area contributed by atoms with Gasteiger partial charge in [0.05, 0.1) is 11.2 Å². The van der Waals surface area contributed by atoms with E-state index in [0.29, 0.717) is 15.5 Å². The Labute approximate surface area is 212 Å². The molecule has 4 atom stereocenters. The van der Waals surface area contributed by atoms with E-state index >= 15 is 0 Å². The normalized spacial score (nSPS) is 54.5. The summed E-state index contributed by atoms with van der Waals surface area (Å²) < 4.78 is 15.1. The van der Waals surface area contributed by atoms with E-state index in [4.69, 9.17) is 8.85 Å². The maximum Gasteiger partial charge on any atom is 0.192 e. The lowest BCUT2D eigenvalue weighted by atomic mass is 9.21. The van der Waals surface area contributed by atoms with E-state index in [1.54, 1.807) is 6.42 Å². The van der Waals surface area contributed by atoms with Crippen LogP contribution in [0.25, 0.3) is 0 Å². The van der Waals surface area contributed by atoms with Gasteiger partial charge in [-0.05, 0) is 134 Å². The monoisotopic (exact) mass is 500 g/mol. The molecule has 0 aromatic rings. The molecular formula is C30H52O2Si2. The van der Waals surface area contributed by atoms with Crippen molar-refractivity contribution in [1.82, 2.24) is 0 Å². The van der Waals surface area contributed by atoms with Gasteiger partial charge in [-0.2, -0.15) is 0 Å². The standard InChI is InChI=1S/C30H52O2Si2/c1-26(2,3)33(7,8)31-28-12-20-18-11-19-22-14-29(32-34(9,10)27(4,5)6)15-23(19)25(21(18)13-28)30(16-28,17-29)24(20)22/h18-25H,11-17H2,1-10H3. The first-order chi connectivity index (χ1) is 15.4. The summed E-state index contributed by atoms with van der Waals surface area (Å²) in [5.74, 6) is 8.01. The molecule has 10 aliphatic carbocycles. The third-order valence-electron chi connectivity index (χ3n) is 14.2. The van der Waals surface area contributed by atoms with Gasteiger partial charge in [-0.3, -0.25) is 0 Å². The van der Waals surface area contributed by atoms with Crippen LogP contribution in [-0.2, 0) is 8.85 Å². The van der Waals surface area contributed by atoms with Gasteiger partial charge in [0.25, 0.3) is 0 Å². The average Bonchev–Trinajstić information content (AvgIpc) is 2.62. The highest BCUT2D eigenvalue weighted by atomic mass is 28.4. The zero-order valence-electron chi connectivity index (χ0n) is 23.9. The van der Waals surface area contributed by atoms with Gasteiger partial charge in [0.2, 0.25) is 0 Å². The zero-order valence-corrected chi connectivity index (χ0v) is 25.9. The van der Waals surface area contributed by atoms with Crippen molar-refractivity contribution in [3.05, 3.63) is 0 Å². The van der Waals surface area contributed by atoms with E-state index in [-0.39, 0.29) is 11.2 Å². The zero-order chi connectivity index (χ0) is 24.5. The minimum Gasteiger partial charge on any atom is -0.411 e. The topological polar surface area (TPSA) is 18.5 Å². The molecular weight excluding hydrogens is 449 g/mol. The summed E-state index contributed by atoms with van der Waals surface area (Å²) in [6, 6.07) is 0. The van der Waals surface area contributed by atoms with E-state index in [0.717, 1.165) is 47.3 Å². The molecule has 10 fully saturated rings. The van der Waals surface area contributed by atoms with Crippen LogP contribution in [0.3, 0.4) is 0 Å². The van der Waals surface area contributed by atoms with E-state index in [2.05, 4.69) is 67.7 Å². The Morgan fingerprint density at radius 3 is 1.18 bits per heavy atom. The summed E-state index contributed by atoms with van der Waals surface area (Å²) in [5, 5.41) is 0.602. The molecule has 0 N–H and O–H groups in total. The fraction of sp³-hybridized carbons (Fsp3) is 1.00. The fourth-order valence-electron chi connectivity index (χ4n) is 11.9. The molecule has 0 aliphatic heterocycles. The molecule has 2 nitrogen and oxygen atoms in total. The maximum absolute atomic E-state index is 7.56. The Hall–Kier alpha value is 0.354. The molecule has 10 rings (SSSR count). The largest absolute Gasteiger partial charge is 0.411 e. The summed E-state index contributed by atoms with van der Waals surface area (Å²) in [4.78, 5) is 0. The molecule has 0 amide bonds. The van der Waals surface area contributed by atoms with Crippen LogP contribution in [0.4, 0.5) is 0 Å². The van der Waals surface area contributed by atoms with E-state index in [1.807, 2.05) is 0 Å². The van der Waals surface area contributed by atoms with Crippen LogP contribution in [0, 0.1) is 52.8 Å². The van der Waals surface area contributed by atoms with Crippen molar-refractivity contribution < 1.29 is 8.85 Å². The predicted molar refractivity (Wildman–Crippen MR) is 145 cm³/mol. The Bertz CT molecular complexity index is 821. The van der Waals surface area contributed by atoms with Crippen molar-refractivity contribution in [1.29, 1.82) is 0 Å². The van der Waals surface area contributed by atoms with E-state index < -0.39 is 16.6 Å². The van der Waals surface area contributed by atoms with Crippen LogP contribution in [0.2, 0.25) is 36.3 Å². The summed E-state index contributed by atoms with van der Waals surface area (Å²) in [6.07, 6.45) is 9.98. The summed E-state index contributed by atoms with van der Waals surface area (Å²) >= 11 is 0. The van der Waals surface area contributed by atoms with Crippen molar-refractivity contribution >= 4 is 16.6 Å². The van der Waals surface area contributed by atoms with Gasteiger partial charge in [0.1, 0.15) is 0 Å². The molecule has 0 heterocycles. The number of hydrogen-bond donors (Lipinski definition) is 0. The lowest BCUT2D eigenvalue weighted by molar-refractivity contribution is -0.387. The number of hydrogen-bond acceptors (Lipinski definition) is 2. The first-order valence-corrected chi connectivity index (χ1v) is 20.7. The summed E-state index contributed by atoms with van der Waals surface area (Å²) in [6.45, 7) is 24.7. The molecule has 11 bridgehead atoms.